The van der Waals surface area contributed by atoms with E-state index >= 15 is 0 Å². The summed E-state index contributed by atoms with van der Waals surface area (Å²) >= 11 is 0. The number of carbonyl (C=O) groups excluding carboxylic acids is 1. The second-order valence-electron chi connectivity index (χ2n) is 6.93. The molecule has 3 N–H and O–H groups in total. The summed E-state index contributed by atoms with van der Waals surface area (Å²) in [6.07, 6.45) is 1.55. The van der Waals surface area contributed by atoms with Gasteiger partial charge in [-0.25, -0.2) is 4.39 Å². The lowest BCUT2D eigenvalue weighted by atomic mass is 10.1. The molecule has 0 spiro atoms. The van der Waals surface area contributed by atoms with Gasteiger partial charge in [-0.05, 0) is 56.4 Å². The van der Waals surface area contributed by atoms with Crippen molar-refractivity contribution in [3.63, 3.8) is 0 Å². The third-order valence-electron chi connectivity index (χ3n) is 4.88. The molecule has 0 fully saturated rings. The summed E-state index contributed by atoms with van der Waals surface area (Å²) in [5.41, 5.74) is 2.96. The van der Waals surface area contributed by atoms with Crippen molar-refractivity contribution in [3.05, 3.63) is 60.0 Å². The normalized spacial score (nSPS) is 15.5. The van der Waals surface area contributed by atoms with Crippen LogP contribution in [0.25, 0.3) is 5.57 Å². The summed E-state index contributed by atoms with van der Waals surface area (Å²) in [4.78, 5) is 14.5. The number of hydrogen-bond donors (Lipinski definition) is 3. The molecule has 5 nitrogen and oxygen atoms in total. The molecule has 2 aromatic carbocycles. The molecule has 6 heteroatoms. The van der Waals surface area contributed by atoms with Gasteiger partial charge in [0.25, 0.3) is 5.91 Å². The van der Waals surface area contributed by atoms with Crippen LogP contribution in [0.5, 0.6) is 0 Å². The highest BCUT2D eigenvalue weighted by Gasteiger charge is 2.27. The Morgan fingerprint density at radius 2 is 1.79 bits per heavy atom. The average Bonchev–Trinajstić information content (AvgIpc) is 3.02. The van der Waals surface area contributed by atoms with Crippen LogP contribution >= 0.6 is 0 Å². The lowest BCUT2D eigenvalue weighted by Crippen LogP contribution is -2.34. The predicted molar refractivity (Wildman–Crippen MR) is 114 cm³/mol. The molecule has 1 atom stereocenters. The monoisotopic (exact) mass is 382 g/mol. The summed E-state index contributed by atoms with van der Waals surface area (Å²) in [6.45, 7) is 9.56. The summed E-state index contributed by atoms with van der Waals surface area (Å²) < 4.78 is 14.1. The number of rotatable bonds is 8. The van der Waals surface area contributed by atoms with Gasteiger partial charge < -0.3 is 20.9 Å². The minimum absolute atomic E-state index is 0.295. The predicted octanol–water partition coefficient (Wildman–Crippen LogP) is 4.37. The summed E-state index contributed by atoms with van der Waals surface area (Å²) in [5.74, 6) is -0.721. The van der Waals surface area contributed by atoms with E-state index < -0.39 is 5.82 Å². The van der Waals surface area contributed by atoms with Crippen molar-refractivity contribution in [2.24, 2.45) is 0 Å². The Balaban J connectivity index is 1.64. The number of amides is 1. The Labute approximate surface area is 165 Å². The fourth-order valence-corrected chi connectivity index (χ4v) is 3.36. The summed E-state index contributed by atoms with van der Waals surface area (Å²) in [6, 6.07) is 12.8. The van der Waals surface area contributed by atoms with E-state index in [1.165, 1.54) is 6.07 Å². The quantitative estimate of drug-likeness (QED) is 0.594. The first-order valence-electron chi connectivity index (χ1n) is 9.67. The molecule has 28 heavy (non-hydrogen) atoms. The number of carbonyl (C=O) groups is 1. The number of benzene rings is 2. The van der Waals surface area contributed by atoms with Gasteiger partial charge in [-0.1, -0.05) is 19.9 Å². The van der Waals surface area contributed by atoms with Crippen LogP contribution in [0.4, 0.5) is 21.5 Å². The molecule has 0 aliphatic carbocycles. The third kappa shape index (κ3) is 4.51. The first-order valence-corrected chi connectivity index (χ1v) is 9.67. The van der Waals surface area contributed by atoms with Gasteiger partial charge in [0.15, 0.2) is 0 Å². The Kier molecular flexibility index (Phi) is 6.31. The number of anilines is 3. The van der Waals surface area contributed by atoms with Gasteiger partial charge in [-0.3, -0.25) is 4.79 Å². The van der Waals surface area contributed by atoms with Crippen LogP contribution in [0.1, 0.15) is 26.3 Å². The smallest absolute Gasteiger partial charge is 0.257 e. The minimum Gasteiger partial charge on any atom is -0.381 e. The molecule has 0 saturated carbocycles. The van der Waals surface area contributed by atoms with Gasteiger partial charge in [0, 0.05) is 35.7 Å². The molecule has 1 amide bonds. The number of halogens is 1. The Morgan fingerprint density at radius 3 is 2.46 bits per heavy atom. The second kappa shape index (κ2) is 8.89. The molecular weight excluding hydrogens is 355 g/mol. The van der Waals surface area contributed by atoms with Crippen molar-refractivity contribution >= 4 is 28.5 Å². The molecule has 1 unspecified atom stereocenters. The highest BCUT2D eigenvalue weighted by atomic mass is 19.1. The number of fused-ring (bicyclic) bond motifs is 1. The number of likely N-dealkylation sites (N-methyl/N-ethyl adjacent to an activating group) is 1. The Bertz CT molecular complexity index is 859. The number of nitrogens with one attached hydrogen (secondary N) is 3. The van der Waals surface area contributed by atoms with Gasteiger partial charge in [-0.15, -0.1) is 0 Å². The topological polar surface area (TPSA) is 56.4 Å². The molecule has 3 rings (SSSR count). The maximum atomic E-state index is 14.1. The van der Waals surface area contributed by atoms with Crippen molar-refractivity contribution in [1.82, 2.24) is 4.90 Å². The fraction of sp³-hybridized carbons (Fsp3) is 0.318. The van der Waals surface area contributed by atoms with Crippen LogP contribution in [0.2, 0.25) is 0 Å². The van der Waals surface area contributed by atoms with Gasteiger partial charge in [0.2, 0.25) is 0 Å². The van der Waals surface area contributed by atoms with E-state index in [2.05, 4.69) is 41.6 Å². The molecule has 0 radical (unpaired) electrons. The van der Waals surface area contributed by atoms with E-state index in [0.717, 1.165) is 31.0 Å². The van der Waals surface area contributed by atoms with E-state index in [9.17, 15) is 9.18 Å². The molecule has 0 saturated heterocycles. The molecule has 1 aliphatic heterocycles. The Morgan fingerprint density at radius 1 is 1.11 bits per heavy atom. The zero-order valence-electron chi connectivity index (χ0n) is 16.6. The van der Waals surface area contributed by atoms with Gasteiger partial charge in [-0.2, -0.15) is 0 Å². The van der Waals surface area contributed by atoms with E-state index in [1.54, 1.807) is 18.3 Å². The van der Waals surface area contributed by atoms with Crippen molar-refractivity contribution < 1.29 is 9.18 Å². The highest BCUT2D eigenvalue weighted by molar-refractivity contribution is 6.31. The first-order chi connectivity index (χ1) is 13.5. The molecule has 0 aromatic heterocycles. The van der Waals surface area contributed by atoms with Gasteiger partial charge in [0.05, 0.1) is 11.3 Å². The summed E-state index contributed by atoms with van der Waals surface area (Å²) in [5, 5.41) is 9.26. The van der Waals surface area contributed by atoms with Crippen LogP contribution in [0.15, 0.2) is 48.7 Å². The van der Waals surface area contributed by atoms with Crippen molar-refractivity contribution in [3.8, 4) is 0 Å². The first kappa shape index (κ1) is 19.9. The molecular formula is C22H27FN4O. The van der Waals surface area contributed by atoms with E-state index in [0.29, 0.717) is 22.9 Å². The average molecular weight is 382 g/mol. The maximum absolute atomic E-state index is 14.1. The molecule has 148 valence electrons. The van der Waals surface area contributed by atoms with Gasteiger partial charge >= 0.3 is 0 Å². The van der Waals surface area contributed by atoms with Crippen LogP contribution in [-0.4, -0.2) is 36.5 Å². The SMILES string of the molecule is CCN(CC)CC(C)Nc1ccc(NC=C2C(=O)Nc3cccc(F)c32)cc1. The lowest BCUT2D eigenvalue weighted by molar-refractivity contribution is -0.110. The molecule has 2 aromatic rings. The van der Waals surface area contributed by atoms with Crippen molar-refractivity contribution in [1.29, 1.82) is 0 Å². The van der Waals surface area contributed by atoms with Crippen LogP contribution in [-0.2, 0) is 4.79 Å². The highest BCUT2D eigenvalue weighted by Crippen LogP contribution is 2.33. The van der Waals surface area contributed by atoms with E-state index in [1.807, 2.05) is 24.3 Å². The second-order valence-corrected chi connectivity index (χ2v) is 6.93. The van der Waals surface area contributed by atoms with Crippen LogP contribution < -0.4 is 16.0 Å². The minimum atomic E-state index is -0.411. The van der Waals surface area contributed by atoms with E-state index in [-0.39, 0.29) is 5.91 Å². The van der Waals surface area contributed by atoms with Crippen molar-refractivity contribution in [2.45, 2.75) is 26.8 Å². The van der Waals surface area contributed by atoms with Crippen LogP contribution in [0.3, 0.4) is 0 Å². The number of hydrogen-bond acceptors (Lipinski definition) is 4. The lowest BCUT2D eigenvalue weighted by Gasteiger charge is -2.24. The van der Waals surface area contributed by atoms with Crippen molar-refractivity contribution in [2.75, 3.05) is 35.6 Å². The van der Waals surface area contributed by atoms with Gasteiger partial charge in [0.1, 0.15) is 5.82 Å². The Hall–Kier alpha value is -2.86. The maximum Gasteiger partial charge on any atom is 0.257 e. The standard InChI is InChI=1S/C22H27FN4O/c1-4-27(5-2)14-15(3)25-17-11-9-16(10-12-17)24-13-18-21-19(23)7-6-8-20(21)26-22(18)28/h6-13,15,24-25H,4-5,14H2,1-3H3,(H,26,28). The largest absolute Gasteiger partial charge is 0.381 e. The summed E-state index contributed by atoms with van der Waals surface area (Å²) in [7, 11) is 0. The third-order valence-corrected chi connectivity index (χ3v) is 4.88. The zero-order valence-corrected chi connectivity index (χ0v) is 16.6. The zero-order chi connectivity index (χ0) is 20.1. The number of nitrogens with zero attached hydrogens (tertiary/aromatic N) is 1. The molecule has 1 heterocycles. The molecule has 1 aliphatic rings. The van der Waals surface area contributed by atoms with Crippen LogP contribution in [0, 0.1) is 5.82 Å². The molecule has 0 bridgehead atoms. The fourth-order valence-electron chi connectivity index (χ4n) is 3.36. The van der Waals surface area contributed by atoms with E-state index in [4.69, 9.17) is 0 Å².